The van der Waals surface area contributed by atoms with E-state index in [9.17, 15) is 27.5 Å². The van der Waals surface area contributed by atoms with E-state index in [1.54, 1.807) is 0 Å². The van der Waals surface area contributed by atoms with Crippen molar-refractivity contribution in [1.82, 2.24) is 0 Å². The van der Waals surface area contributed by atoms with Crippen LogP contribution >= 0.6 is 7.60 Å². The lowest BCUT2D eigenvalue weighted by Crippen LogP contribution is -2.28. The van der Waals surface area contributed by atoms with Gasteiger partial charge in [-0.1, -0.05) is 32.0 Å². The summed E-state index contributed by atoms with van der Waals surface area (Å²) < 4.78 is 50.7. The molecule has 0 spiro atoms. The smallest absolute Gasteiger partial charge is 0.324 e. The molecule has 3 nitrogen and oxygen atoms in total. The standard InChI is InChI=1S/C12H16F3O3P/c1-3-11(4-2,19(16,17)18)9-7-5-6-8-10(9)12(13,14)15/h5-8H,3-4H2,1-2H3,(H2,16,17,18). The number of rotatable bonds is 4. The summed E-state index contributed by atoms with van der Waals surface area (Å²) in [6.07, 6.45) is -4.77. The Bertz CT molecular complexity index is 489. The summed E-state index contributed by atoms with van der Waals surface area (Å²) in [7, 11) is -4.73. The molecular weight excluding hydrogens is 280 g/mol. The maximum Gasteiger partial charge on any atom is 0.416 e. The minimum absolute atomic E-state index is 0.0686. The molecule has 7 heteroatoms. The van der Waals surface area contributed by atoms with Gasteiger partial charge in [-0.05, 0) is 24.5 Å². The molecule has 0 aromatic heterocycles. The quantitative estimate of drug-likeness (QED) is 0.828. The minimum atomic E-state index is -4.73. The van der Waals surface area contributed by atoms with Gasteiger partial charge in [0.2, 0.25) is 0 Å². The first-order valence-corrected chi connectivity index (χ1v) is 7.43. The first-order valence-electron chi connectivity index (χ1n) is 5.82. The minimum Gasteiger partial charge on any atom is -0.324 e. The molecule has 1 aromatic rings. The fraction of sp³-hybridized carbons (Fsp3) is 0.500. The molecule has 0 amide bonds. The van der Waals surface area contributed by atoms with Crippen LogP contribution in [-0.2, 0) is 15.9 Å². The van der Waals surface area contributed by atoms with Gasteiger partial charge >= 0.3 is 13.8 Å². The van der Waals surface area contributed by atoms with Gasteiger partial charge < -0.3 is 9.79 Å². The van der Waals surface area contributed by atoms with E-state index < -0.39 is 24.5 Å². The van der Waals surface area contributed by atoms with Crippen LogP contribution in [0.1, 0.15) is 37.8 Å². The van der Waals surface area contributed by atoms with Crippen LogP contribution in [0.15, 0.2) is 24.3 Å². The van der Waals surface area contributed by atoms with Crippen LogP contribution < -0.4 is 0 Å². The zero-order chi connectivity index (χ0) is 14.9. The van der Waals surface area contributed by atoms with Gasteiger partial charge in [0, 0.05) is 0 Å². The lowest BCUT2D eigenvalue weighted by atomic mass is 9.88. The van der Waals surface area contributed by atoms with Crippen molar-refractivity contribution in [3.05, 3.63) is 35.4 Å². The molecule has 108 valence electrons. The largest absolute Gasteiger partial charge is 0.416 e. The maximum atomic E-state index is 13.0. The fourth-order valence-corrected chi connectivity index (χ4v) is 3.67. The van der Waals surface area contributed by atoms with Crippen molar-refractivity contribution in [2.45, 2.75) is 38.0 Å². The van der Waals surface area contributed by atoms with Crippen molar-refractivity contribution in [3.8, 4) is 0 Å². The first-order chi connectivity index (χ1) is 8.60. The molecule has 0 aliphatic heterocycles. The molecule has 0 aliphatic carbocycles. The van der Waals surface area contributed by atoms with E-state index in [1.807, 2.05) is 0 Å². The van der Waals surface area contributed by atoms with Crippen molar-refractivity contribution in [2.24, 2.45) is 0 Å². The molecule has 0 bridgehead atoms. The summed E-state index contributed by atoms with van der Waals surface area (Å²) in [6.45, 7) is 2.96. The topological polar surface area (TPSA) is 57.5 Å². The normalized spacial score (nSPS) is 13.6. The van der Waals surface area contributed by atoms with Gasteiger partial charge in [0.05, 0.1) is 10.7 Å². The Kier molecular flexibility index (Phi) is 4.50. The van der Waals surface area contributed by atoms with E-state index in [1.165, 1.54) is 26.0 Å². The monoisotopic (exact) mass is 296 g/mol. The first kappa shape index (κ1) is 16.2. The van der Waals surface area contributed by atoms with Crippen molar-refractivity contribution < 1.29 is 27.5 Å². The van der Waals surface area contributed by atoms with E-state index in [-0.39, 0.29) is 18.4 Å². The fourth-order valence-electron chi connectivity index (χ4n) is 2.34. The van der Waals surface area contributed by atoms with Gasteiger partial charge in [0.25, 0.3) is 0 Å². The van der Waals surface area contributed by atoms with Crippen LogP contribution in [0.3, 0.4) is 0 Å². The van der Waals surface area contributed by atoms with E-state index in [0.717, 1.165) is 12.1 Å². The highest BCUT2D eigenvalue weighted by Crippen LogP contribution is 2.62. The molecular formula is C12H16F3O3P. The Morgan fingerprint density at radius 2 is 1.47 bits per heavy atom. The Labute approximate surface area is 109 Å². The highest BCUT2D eigenvalue weighted by atomic mass is 31.2. The lowest BCUT2D eigenvalue weighted by molar-refractivity contribution is -0.138. The average molecular weight is 296 g/mol. The van der Waals surface area contributed by atoms with Gasteiger partial charge in [-0.15, -0.1) is 0 Å². The number of alkyl halides is 3. The average Bonchev–Trinajstić information content (AvgIpc) is 2.29. The SMILES string of the molecule is CCC(CC)(c1ccccc1C(F)(F)F)P(=O)(O)O. The van der Waals surface area contributed by atoms with Gasteiger partial charge in [-0.25, -0.2) is 0 Å². The molecule has 0 unspecified atom stereocenters. The number of hydrogen-bond acceptors (Lipinski definition) is 1. The number of hydrogen-bond donors (Lipinski definition) is 2. The van der Waals surface area contributed by atoms with Crippen LogP contribution in [0.4, 0.5) is 13.2 Å². The van der Waals surface area contributed by atoms with E-state index in [0.29, 0.717) is 0 Å². The van der Waals surface area contributed by atoms with Crippen LogP contribution in [0.25, 0.3) is 0 Å². The molecule has 1 rings (SSSR count). The third-order valence-electron chi connectivity index (χ3n) is 3.46. The highest BCUT2D eigenvalue weighted by molar-refractivity contribution is 7.53. The van der Waals surface area contributed by atoms with Crippen molar-refractivity contribution in [1.29, 1.82) is 0 Å². The van der Waals surface area contributed by atoms with Gasteiger partial charge in [-0.3, -0.25) is 4.57 Å². The number of halogens is 3. The second-order valence-corrected chi connectivity index (χ2v) is 6.27. The second kappa shape index (κ2) is 5.27. The Morgan fingerprint density at radius 3 is 1.79 bits per heavy atom. The summed E-state index contributed by atoms with van der Waals surface area (Å²) in [6, 6.07) is 4.57. The van der Waals surface area contributed by atoms with Crippen molar-refractivity contribution in [2.75, 3.05) is 0 Å². The molecule has 2 N–H and O–H groups in total. The summed E-state index contributed by atoms with van der Waals surface area (Å²) in [5.41, 5.74) is -1.32. The zero-order valence-corrected chi connectivity index (χ0v) is 11.5. The molecule has 0 fully saturated rings. The Morgan fingerprint density at radius 1 is 1.05 bits per heavy atom. The Balaban J connectivity index is 3.63. The van der Waals surface area contributed by atoms with Crippen LogP contribution in [0.2, 0.25) is 0 Å². The van der Waals surface area contributed by atoms with Crippen molar-refractivity contribution in [3.63, 3.8) is 0 Å². The molecule has 0 heterocycles. The van der Waals surface area contributed by atoms with Gasteiger partial charge in [-0.2, -0.15) is 13.2 Å². The zero-order valence-electron chi connectivity index (χ0n) is 10.6. The second-order valence-electron chi connectivity index (χ2n) is 4.33. The molecule has 0 aliphatic rings. The van der Waals surface area contributed by atoms with E-state index >= 15 is 0 Å². The summed E-state index contributed by atoms with van der Waals surface area (Å²) in [5, 5.41) is -1.79. The molecule has 19 heavy (non-hydrogen) atoms. The third-order valence-corrected chi connectivity index (χ3v) is 5.45. The van der Waals surface area contributed by atoms with Gasteiger partial charge in [0.15, 0.2) is 0 Å². The summed E-state index contributed by atoms with van der Waals surface area (Å²) >= 11 is 0. The maximum absolute atomic E-state index is 13.0. The molecule has 0 saturated carbocycles. The molecule has 0 saturated heterocycles. The van der Waals surface area contributed by atoms with Crippen LogP contribution in [0.5, 0.6) is 0 Å². The summed E-state index contributed by atoms with van der Waals surface area (Å²) in [4.78, 5) is 19.0. The van der Waals surface area contributed by atoms with E-state index in [2.05, 4.69) is 0 Å². The predicted molar refractivity (Wildman–Crippen MR) is 65.7 cm³/mol. The molecule has 0 atom stereocenters. The third kappa shape index (κ3) is 2.86. The highest BCUT2D eigenvalue weighted by Gasteiger charge is 2.49. The van der Waals surface area contributed by atoms with E-state index in [4.69, 9.17) is 0 Å². The molecule has 0 radical (unpaired) electrons. The van der Waals surface area contributed by atoms with Gasteiger partial charge in [0.1, 0.15) is 0 Å². The Hall–Kier alpha value is -0.840. The van der Waals surface area contributed by atoms with Crippen molar-refractivity contribution >= 4 is 7.60 Å². The van der Waals surface area contributed by atoms with Crippen LogP contribution in [0, 0.1) is 0 Å². The summed E-state index contributed by atoms with van der Waals surface area (Å²) in [5.74, 6) is 0. The number of benzene rings is 1. The molecule has 1 aromatic carbocycles. The predicted octanol–water partition coefficient (Wildman–Crippen LogP) is 3.90. The lowest BCUT2D eigenvalue weighted by Gasteiger charge is -2.34. The van der Waals surface area contributed by atoms with Crippen LogP contribution in [-0.4, -0.2) is 9.79 Å².